The van der Waals surface area contributed by atoms with Gasteiger partial charge < -0.3 is 24.5 Å². The Hall–Kier alpha value is -2.48. The molecule has 2 atom stereocenters. The highest BCUT2D eigenvalue weighted by atomic mass is 32.2. The van der Waals surface area contributed by atoms with Gasteiger partial charge in [-0.1, -0.05) is 50.4 Å². The van der Waals surface area contributed by atoms with Gasteiger partial charge in [0.15, 0.2) is 11.5 Å². The largest absolute Gasteiger partial charge is 0.382 e. The third kappa shape index (κ3) is 13.2. The number of thioether (sulfide) groups is 1. The Morgan fingerprint density at radius 3 is 2.48 bits per heavy atom. The number of fused-ring (bicyclic) bond motifs is 1. The second-order valence-corrected chi connectivity index (χ2v) is 13.3. The van der Waals surface area contributed by atoms with Crippen LogP contribution in [0.4, 0.5) is 10.2 Å². The van der Waals surface area contributed by atoms with Crippen LogP contribution in [0, 0.1) is 17.7 Å². The van der Waals surface area contributed by atoms with E-state index in [0.717, 1.165) is 36.3 Å². The molecule has 0 fully saturated rings. The molecule has 2 aromatic heterocycles. The maximum atomic E-state index is 12.9. The van der Waals surface area contributed by atoms with E-state index in [-0.39, 0.29) is 24.9 Å². The van der Waals surface area contributed by atoms with Gasteiger partial charge >= 0.3 is 7.60 Å². The normalized spacial score (nSPS) is 13.5. The zero-order valence-corrected chi connectivity index (χ0v) is 26.1. The Kier molecular flexibility index (Phi) is 15.3. The average Bonchev–Trinajstić information content (AvgIpc) is 3.38. The fraction of sp³-hybridized carbons (Fsp3) is 0.567. The number of ether oxygens (including phenoxy) is 1. The number of benzene rings is 1. The minimum Gasteiger partial charge on any atom is -0.382 e. The predicted octanol–water partition coefficient (Wildman–Crippen LogP) is 6.80. The second-order valence-electron chi connectivity index (χ2n) is 10.3. The van der Waals surface area contributed by atoms with Crippen molar-refractivity contribution < 1.29 is 23.1 Å². The molecule has 9 nitrogen and oxygen atoms in total. The van der Waals surface area contributed by atoms with Gasteiger partial charge in [-0.25, -0.2) is 19.3 Å². The minimum atomic E-state index is -3.81. The van der Waals surface area contributed by atoms with Crippen LogP contribution in [0.25, 0.3) is 11.2 Å². The molecular weight excluding hydrogens is 576 g/mol. The Morgan fingerprint density at radius 2 is 1.71 bits per heavy atom. The highest BCUT2D eigenvalue weighted by Crippen LogP contribution is 2.42. The number of aromatic nitrogens is 4. The molecule has 0 amide bonds. The van der Waals surface area contributed by atoms with E-state index in [1.54, 1.807) is 23.0 Å². The van der Waals surface area contributed by atoms with E-state index >= 15 is 0 Å². The summed E-state index contributed by atoms with van der Waals surface area (Å²) in [6, 6.07) is 6.31. The Labute approximate surface area is 252 Å². The lowest BCUT2D eigenvalue weighted by Gasteiger charge is -2.17. The van der Waals surface area contributed by atoms with Crippen LogP contribution in [0.15, 0.2) is 36.9 Å². The zero-order chi connectivity index (χ0) is 30.0. The fourth-order valence-electron chi connectivity index (χ4n) is 4.27. The molecule has 0 bridgehead atoms. The number of rotatable bonds is 20. The molecule has 0 saturated heterocycles. The zero-order valence-electron chi connectivity index (χ0n) is 24.4. The summed E-state index contributed by atoms with van der Waals surface area (Å²) < 4.78 is 37.8. The monoisotopic (exact) mass is 619 g/mol. The van der Waals surface area contributed by atoms with Gasteiger partial charge in [0.05, 0.1) is 25.6 Å². The van der Waals surface area contributed by atoms with Gasteiger partial charge in [-0.15, -0.1) is 0 Å². The van der Waals surface area contributed by atoms with Crippen LogP contribution < -0.4 is 5.73 Å². The molecule has 42 heavy (non-hydrogen) atoms. The van der Waals surface area contributed by atoms with Crippen LogP contribution in [-0.2, 0) is 20.4 Å². The lowest BCUT2D eigenvalue weighted by atomic mass is 10.1. The molecule has 0 spiro atoms. The summed E-state index contributed by atoms with van der Waals surface area (Å²) in [5, 5.41) is 0. The molecule has 0 aliphatic rings. The number of hydrogen-bond donors (Lipinski definition) is 2. The summed E-state index contributed by atoms with van der Waals surface area (Å²) in [7, 11) is -3.81. The number of halogens is 1. The van der Waals surface area contributed by atoms with Crippen LogP contribution in [0.5, 0.6) is 0 Å². The fourth-order valence-corrected chi connectivity index (χ4v) is 6.13. The molecule has 3 N–H and O–H groups in total. The van der Waals surface area contributed by atoms with Gasteiger partial charge in [0.25, 0.3) is 0 Å². The number of anilines is 1. The molecule has 0 radical (unpaired) electrons. The van der Waals surface area contributed by atoms with Crippen molar-refractivity contribution in [2.24, 2.45) is 0 Å². The number of nitrogen functional groups attached to an aromatic ring is 1. The number of unbranched alkanes of at least 4 members (excludes halogenated alkanes) is 8. The van der Waals surface area contributed by atoms with E-state index in [9.17, 15) is 13.8 Å². The van der Waals surface area contributed by atoms with Gasteiger partial charge in [0.2, 0.25) is 0 Å². The summed E-state index contributed by atoms with van der Waals surface area (Å²) in [6.07, 6.45) is 13.7. The summed E-state index contributed by atoms with van der Waals surface area (Å²) >= 11 is 1.86. The molecule has 2 heterocycles. The number of hydrogen-bond acceptors (Lipinski definition) is 8. The van der Waals surface area contributed by atoms with Crippen molar-refractivity contribution in [1.82, 2.24) is 19.5 Å². The third-order valence-corrected chi connectivity index (χ3v) is 8.77. The standard InChI is InChI=1S/C30H43FN5O4PS/c1-25(21-36-23-35-28-29(32)33-22-34-30(28)36)39-24-41(37,38)40-18-12-20-42-19-11-9-7-5-3-2-4-6-8-10-13-26-14-16-27(31)17-15-26/h14-17,22-23,25H,2-9,11-12,18-21,24H2,1H3,(H,37,38)(H2,32,33,34)/t25-/m1/s1. The summed E-state index contributed by atoms with van der Waals surface area (Å²) in [5.41, 5.74) is 7.78. The highest BCUT2D eigenvalue weighted by molar-refractivity contribution is 7.99. The molecule has 1 aromatic carbocycles. The molecule has 12 heteroatoms. The van der Waals surface area contributed by atoms with Gasteiger partial charge in [-0.3, -0.25) is 4.57 Å². The van der Waals surface area contributed by atoms with Gasteiger partial charge in [0.1, 0.15) is 24.0 Å². The van der Waals surface area contributed by atoms with E-state index < -0.39 is 7.60 Å². The van der Waals surface area contributed by atoms with E-state index in [1.807, 2.05) is 18.7 Å². The van der Waals surface area contributed by atoms with Crippen molar-refractivity contribution in [3.05, 3.63) is 48.3 Å². The van der Waals surface area contributed by atoms with Crippen LogP contribution in [0.1, 0.15) is 76.7 Å². The highest BCUT2D eigenvalue weighted by Gasteiger charge is 2.21. The quantitative estimate of drug-likeness (QED) is 0.0798. The molecule has 3 rings (SSSR count). The number of imidazole rings is 1. The van der Waals surface area contributed by atoms with Crippen molar-refractivity contribution in [3.63, 3.8) is 0 Å². The molecular formula is C30H43FN5O4PS. The Bertz CT molecular complexity index is 1310. The molecule has 230 valence electrons. The average molecular weight is 620 g/mol. The van der Waals surface area contributed by atoms with Crippen molar-refractivity contribution in [3.8, 4) is 11.8 Å². The van der Waals surface area contributed by atoms with E-state index in [4.69, 9.17) is 15.0 Å². The van der Waals surface area contributed by atoms with E-state index in [2.05, 4.69) is 26.8 Å². The Balaban J connectivity index is 1.10. The topological polar surface area (TPSA) is 125 Å². The molecule has 1 unspecified atom stereocenters. The van der Waals surface area contributed by atoms with Gasteiger partial charge in [0, 0.05) is 12.0 Å². The number of nitrogens with zero attached hydrogens (tertiary/aromatic N) is 4. The lowest BCUT2D eigenvalue weighted by molar-refractivity contribution is 0.0718. The maximum absolute atomic E-state index is 12.9. The smallest absolute Gasteiger partial charge is 0.353 e. The summed E-state index contributed by atoms with van der Waals surface area (Å²) in [5.74, 6) is 8.33. The van der Waals surface area contributed by atoms with E-state index in [0.29, 0.717) is 23.5 Å². The predicted molar refractivity (Wildman–Crippen MR) is 168 cm³/mol. The minimum absolute atomic E-state index is 0.229. The van der Waals surface area contributed by atoms with Crippen LogP contribution in [0.2, 0.25) is 0 Å². The first-order valence-electron chi connectivity index (χ1n) is 14.7. The molecule has 0 saturated carbocycles. The first-order valence-corrected chi connectivity index (χ1v) is 17.6. The van der Waals surface area contributed by atoms with Crippen molar-refractivity contribution in [2.45, 2.75) is 83.8 Å². The van der Waals surface area contributed by atoms with Crippen molar-refractivity contribution >= 4 is 36.3 Å². The number of nitrogens with two attached hydrogens (primary N) is 1. The van der Waals surface area contributed by atoms with Gasteiger partial charge in [-0.2, -0.15) is 11.8 Å². The van der Waals surface area contributed by atoms with Crippen LogP contribution >= 0.6 is 19.4 Å². The first-order chi connectivity index (χ1) is 20.3. The molecule has 0 aliphatic heterocycles. The maximum Gasteiger partial charge on any atom is 0.353 e. The molecule has 3 aromatic rings. The first kappa shape index (κ1) is 34.0. The van der Waals surface area contributed by atoms with Gasteiger partial charge in [-0.05, 0) is 62.0 Å². The lowest BCUT2D eigenvalue weighted by Crippen LogP contribution is -2.17. The van der Waals surface area contributed by atoms with Crippen LogP contribution in [0.3, 0.4) is 0 Å². The Morgan fingerprint density at radius 1 is 1.02 bits per heavy atom. The van der Waals surface area contributed by atoms with E-state index in [1.165, 1.54) is 63.4 Å². The summed E-state index contributed by atoms with van der Waals surface area (Å²) in [6.45, 7) is 2.45. The SMILES string of the molecule is C[C@H](Cn1cnc2c(N)ncnc21)OCP(=O)(O)OCCCSCCCCCCCCCCC#Cc1ccc(F)cc1. The van der Waals surface area contributed by atoms with Crippen molar-refractivity contribution in [1.29, 1.82) is 0 Å². The third-order valence-electron chi connectivity index (χ3n) is 6.55. The second kappa shape index (κ2) is 18.9. The summed E-state index contributed by atoms with van der Waals surface area (Å²) in [4.78, 5) is 22.4. The molecule has 0 aliphatic carbocycles. The van der Waals surface area contributed by atoms with Crippen molar-refractivity contribution in [2.75, 3.05) is 30.2 Å². The van der Waals surface area contributed by atoms with Crippen LogP contribution in [-0.4, -0.2) is 55.0 Å².